The lowest BCUT2D eigenvalue weighted by Gasteiger charge is -2.27. The molecule has 5 aromatic heterocycles. The number of aliphatic carboxylic acids is 3. The lowest BCUT2D eigenvalue weighted by Crippen LogP contribution is -2.37. The number of aryl methyl sites for hydroxylation is 5. The van der Waals surface area contributed by atoms with E-state index in [1.165, 1.54) is 149 Å². The van der Waals surface area contributed by atoms with Gasteiger partial charge in [-0.2, -0.15) is 10.5 Å². The zero-order valence-electron chi connectivity index (χ0n) is 75.7. The van der Waals surface area contributed by atoms with Crippen molar-refractivity contribution in [1.29, 1.82) is 10.5 Å². The number of ether oxygens (including phenoxy) is 2. The van der Waals surface area contributed by atoms with Crippen LogP contribution in [0.2, 0.25) is 0 Å². The van der Waals surface area contributed by atoms with Gasteiger partial charge < -0.3 is 39.2 Å². The molecule has 0 amide bonds. The van der Waals surface area contributed by atoms with E-state index >= 15 is 0 Å². The third kappa shape index (κ3) is 23.6. The van der Waals surface area contributed by atoms with Crippen molar-refractivity contribution in [2.75, 3.05) is 29.6 Å². The van der Waals surface area contributed by atoms with Gasteiger partial charge in [-0.25, -0.2) is 9.59 Å². The van der Waals surface area contributed by atoms with Gasteiger partial charge >= 0.3 is 29.8 Å². The Kier molecular flexibility index (Phi) is 34.7. The summed E-state index contributed by atoms with van der Waals surface area (Å²) in [6.07, 6.45) is 37.7. The summed E-state index contributed by atoms with van der Waals surface area (Å²) in [4.78, 5) is 102. The van der Waals surface area contributed by atoms with E-state index < -0.39 is 77.2 Å². The smallest absolute Gasteiger partial charge is 0.353 e. The number of thiazole rings is 1. The van der Waals surface area contributed by atoms with Crippen LogP contribution in [0.5, 0.6) is 0 Å². The van der Waals surface area contributed by atoms with Gasteiger partial charge in [-0.15, -0.1) is 45.3 Å². The van der Waals surface area contributed by atoms with Gasteiger partial charge in [-0.3, -0.25) is 33.1 Å². The molecule has 3 N–H and O–H groups in total. The number of thiophene rings is 3. The number of para-hydroxylation sites is 1. The molecule has 2 unspecified atom stereocenters. The highest BCUT2D eigenvalue weighted by atomic mass is 32.1. The predicted octanol–water partition coefficient (Wildman–Crippen LogP) is 21.7. The van der Waals surface area contributed by atoms with E-state index in [4.69, 9.17) is 9.47 Å². The highest BCUT2D eigenvalue weighted by Crippen LogP contribution is 2.54. The number of hydrogen-bond donors (Lipinski definition) is 3. The molecule has 1 saturated carbocycles. The number of allylic oxidation sites excluding steroid dienone is 1. The van der Waals surface area contributed by atoms with Crippen LogP contribution in [0, 0.1) is 22.7 Å². The topological polar surface area (TPSA) is 267 Å². The minimum atomic E-state index is -1.41. The first-order valence-corrected chi connectivity index (χ1v) is 49.5. The highest BCUT2D eigenvalue weighted by molar-refractivity contribution is 7.27. The zero-order chi connectivity index (χ0) is 93.2. The molecular formula is C109H115N7O12S4. The number of carbonyl (C=O) groups is 5. The number of carboxylic acids is 3. The average Bonchev–Trinajstić information content (AvgIpc) is 1.59. The lowest BCUT2D eigenvalue weighted by molar-refractivity contribution is -0.139. The number of unbranched alkanes of at least 4 members (excludes halogenated alkanes) is 12. The minimum Gasteiger partial charge on any atom is -0.480 e. The standard InChI is InChI=1S/C64H78N4O7S3.C45H37N3O5S/c1-6-11-15-19-26-46-37-56(76-55(46)40-53-63(73)68(43-59(71)72)62(67(53)42-58(69)70)50(41-65)64(74)75-35-10-5)60-49(28-21-17-13-8-3)39-57(78-60)61-48(27-20-16-12-7-2)38-54(77-61)47-32-33-52-45(36-47)31-30-44-25-22-23-29-51(44)66(52)34-24-18-14-9-4;1-2-25-53-45(52)38(28-46)44-47(29-42(49)50)43(51)41(54-44)18-9-11-30-21-24-40-37(27-30)35-16-10-17-39(35)48(40)34-22-19-31(20-23-34)26-36(32-12-5-3-6-13-32)33-14-7-4-8-15-33/h10,22-23,25,29,32-33,36-40H,5-9,11-21,24,26-28,30-31,34-35,42-43H2,1-4H3,(H,69,70)(H,71,72);2-9,11-15,18-24,26-27,35,39H,1,10,16-17,25,29H2,(H,49,50)/b53-40+,62-50-;11-9+,41-18-,44-38+. The molecule has 0 spiro atoms. The fraction of sp³-hybridized carbons (Fsp3) is 0.330. The molecule has 2 aliphatic heterocycles. The maximum Gasteiger partial charge on any atom is 0.353 e. The number of fused-ring (bicyclic) bond motifs is 5. The fourth-order valence-corrected chi connectivity index (χ4v) is 22.9. The van der Waals surface area contributed by atoms with Gasteiger partial charge in [-0.05, 0) is 216 Å². The van der Waals surface area contributed by atoms with E-state index in [-0.39, 0.29) is 27.8 Å². The normalized spacial score (nSPS) is 14.4. The van der Waals surface area contributed by atoms with Crippen LogP contribution < -0.4 is 40.9 Å². The fourth-order valence-electron chi connectivity index (χ4n) is 18.1. The monoisotopic (exact) mass is 1840 g/mol. The maximum absolute atomic E-state index is 14.5. The molecule has 0 bridgehead atoms. The van der Waals surface area contributed by atoms with Crippen molar-refractivity contribution in [3.8, 4) is 42.1 Å². The second kappa shape index (κ2) is 47.4. The third-order valence-corrected chi connectivity index (χ3v) is 29.4. The Morgan fingerprint density at radius 1 is 0.515 bits per heavy atom. The van der Waals surface area contributed by atoms with Gasteiger partial charge in [0.2, 0.25) is 0 Å². The van der Waals surface area contributed by atoms with Gasteiger partial charge in [0, 0.05) is 70.5 Å². The number of anilines is 4. The van der Waals surface area contributed by atoms with Gasteiger partial charge in [0.25, 0.3) is 11.1 Å². The van der Waals surface area contributed by atoms with Crippen molar-refractivity contribution in [3.05, 3.63) is 296 Å². The summed E-state index contributed by atoms with van der Waals surface area (Å²) >= 11 is 6.12. The van der Waals surface area contributed by atoms with Crippen molar-refractivity contribution in [3.63, 3.8) is 0 Å². The van der Waals surface area contributed by atoms with E-state index in [0.717, 1.165) is 173 Å². The number of nitrogens with zero attached hydrogens (tertiary/aromatic N) is 7. The van der Waals surface area contributed by atoms with Crippen molar-refractivity contribution in [2.45, 2.75) is 213 Å². The third-order valence-electron chi connectivity index (χ3n) is 24.4. The van der Waals surface area contributed by atoms with E-state index in [0.29, 0.717) is 18.4 Å². The molecule has 2 atom stereocenters. The largest absolute Gasteiger partial charge is 0.480 e. The molecule has 23 heteroatoms. The van der Waals surface area contributed by atoms with Crippen LogP contribution in [0.15, 0.2) is 205 Å². The zero-order valence-corrected chi connectivity index (χ0v) is 79.0. The lowest BCUT2D eigenvalue weighted by atomic mass is 9.95. The number of rotatable bonds is 42. The first kappa shape index (κ1) is 96.8. The van der Waals surface area contributed by atoms with E-state index in [2.05, 4.69) is 208 Å². The number of esters is 2. The molecule has 1 aliphatic carbocycles. The number of imidazole rings is 1. The average molecular weight is 1840 g/mol. The van der Waals surface area contributed by atoms with E-state index in [1.54, 1.807) is 30.4 Å². The Morgan fingerprint density at radius 3 is 1.66 bits per heavy atom. The number of aromatic nitrogens is 3. The van der Waals surface area contributed by atoms with Crippen molar-refractivity contribution < 1.29 is 48.8 Å². The summed E-state index contributed by atoms with van der Waals surface area (Å²) in [6.45, 7) is 14.1. The van der Waals surface area contributed by atoms with Gasteiger partial charge in [0.1, 0.15) is 60.5 Å². The van der Waals surface area contributed by atoms with E-state index in [1.807, 2.05) is 40.9 Å². The van der Waals surface area contributed by atoms with Crippen LogP contribution in [0.4, 0.5) is 22.7 Å². The Bertz CT molecular complexity index is 6520. The Balaban J connectivity index is 0.000000239. The molecule has 0 radical (unpaired) electrons. The van der Waals surface area contributed by atoms with Crippen molar-refractivity contribution in [2.24, 2.45) is 0 Å². The van der Waals surface area contributed by atoms with E-state index in [9.17, 15) is 59.4 Å². The van der Waals surface area contributed by atoms with Gasteiger partial charge in [-0.1, -0.05) is 252 Å². The summed E-state index contributed by atoms with van der Waals surface area (Å²) in [5.74, 6) is -5.71. The molecule has 7 heterocycles. The molecule has 3 aliphatic rings. The number of carboxylic acid groups (broad SMARTS) is 3. The van der Waals surface area contributed by atoms with Gasteiger partial charge in [0.15, 0.2) is 11.1 Å². The molecule has 0 saturated heterocycles. The number of carbonyl (C=O) groups excluding carboxylic acids is 2. The van der Waals surface area contributed by atoms with Crippen LogP contribution >= 0.6 is 45.3 Å². The highest BCUT2D eigenvalue weighted by Gasteiger charge is 2.42. The SMILES string of the molecule is C=CCOC(=O)/C(C#N)=c1/s/c(=C\C=C\c2ccc3c(c2)C2CCCC2N3c2ccc(C=C(c3ccccc3)c3ccccc3)cc2)c(=O)n1CC(=O)O.C=CCOC(=O)/C(C#N)=c1\n(CC(=O)O)c(=O)/c(=C\c2sc(-c3sc(-c4sc(-c5ccc6c(c5)CCc5ccccc5N6CCCCCC)cc4CCCCCC)cc3CCCCCC)cc2CCCCCC)n1CC(=O)O. The summed E-state index contributed by atoms with van der Waals surface area (Å²) in [5, 5.41) is 49.5. The second-order valence-electron chi connectivity index (χ2n) is 33.7. The molecular weight excluding hydrogens is 1730 g/mol. The summed E-state index contributed by atoms with van der Waals surface area (Å²) in [5.41, 5.74) is 16.6. The molecule has 19 nitrogen and oxygen atoms in total. The Labute approximate surface area is 787 Å². The molecule has 1 fully saturated rings. The Hall–Kier alpha value is -12.8. The first-order chi connectivity index (χ1) is 64.3. The molecule has 14 rings (SSSR count). The second-order valence-corrected chi connectivity index (χ2v) is 37.9. The van der Waals surface area contributed by atoms with Crippen molar-refractivity contribution >= 4 is 139 Å². The number of hydrogen-bond acceptors (Lipinski definition) is 17. The number of benzene rings is 6. The van der Waals surface area contributed by atoms with Crippen LogP contribution in [0.1, 0.15) is 216 Å². The molecule has 132 heavy (non-hydrogen) atoms. The first-order valence-electron chi connectivity index (χ1n) is 46.2. The Morgan fingerprint density at radius 2 is 1.05 bits per heavy atom. The molecule has 6 aromatic carbocycles. The van der Waals surface area contributed by atoms with Crippen LogP contribution in [-0.4, -0.2) is 84.7 Å². The summed E-state index contributed by atoms with van der Waals surface area (Å²) < 4.78 is 13.1. The maximum atomic E-state index is 14.5. The van der Waals surface area contributed by atoms with Crippen LogP contribution in [0.25, 0.3) is 71.0 Å². The molecule has 682 valence electrons. The minimum absolute atomic E-state index is 0.0691. The quantitative estimate of drug-likeness (QED) is 0.0139. The summed E-state index contributed by atoms with van der Waals surface area (Å²) in [6, 6.07) is 63.3. The van der Waals surface area contributed by atoms with Crippen LogP contribution in [-0.2, 0) is 85.2 Å². The molecule has 11 aromatic rings. The number of nitriles is 2. The van der Waals surface area contributed by atoms with Crippen molar-refractivity contribution in [1.82, 2.24) is 13.7 Å². The van der Waals surface area contributed by atoms with Gasteiger partial charge in [0.05, 0.1) is 4.53 Å². The summed E-state index contributed by atoms with van der Waals surface area (Å²) in [7, 11) is 0. The predicted molar refractivity (Wildman–Crippen MR) is 536 cm³/mol. The van der Waals surface area contributed by atoms with Crippen LogP contribution in [0.3, 0.4) is 0 Å².